The van der Waals surface area contributed by atoms with Gasteiger partial charge in [-0.25, -0.2) is 4.99 Å². The number of rotatable bonds is 2. The fourth-order valence-electron chi connectivity index (χ4n) is 1.97. The summed E-state index contributed by atoms with van der Waals surface area (Å²) in [5.74, 6) is 1.11. The fourth-order valence-corrected chi connectivity index (χ4v) is 2.20. The number of anilines is 1. The van der Waals surface area contributed by atoms with E-state index in [1.807, 2.05) is 30.3 Å². The number of hydrogen-bond acceptors (Lipinski definition) is 1. The van der Waals surface area contributed by atoms with Crippen molar-refractivity contribution >= 4 is 28.9 Å². The summed E-state index contributed by atoms with van der Waals surface area (Å²) in [6, 6.07) is 9.91. The van der Waals surface area contributed by atoms with E-state index in [1.54, 1.807) is 0 Å². The minimum Gasteiger partial charge on any atom is -0.360 e. The van der Waals surface area contributed by atoms with E-state index in [1.165, 1.54) is 6.42 Å². The van der Waals surface area contributed by atoms with Crippen molar-refractivity contribution in [1.82, 2.24) is 4.90 Å². The monoisotopic (exact) mass is 247 g/mol. The second-order valence-electron chi connectivity index (χ2n) is 4.01. The van der Waals surface area contributed by atoms with Crippen LogP contribution in [0.1, 0.15) is 19.8 Å². The lowest BCUT2D eigenvalue weighted by Crippen LogP contribution is -2.25. The zero-order chi connectivity index (χ0) is 12.1. The molecule has 0 bridgehead atoms. The number of benzene rings is 1. The Balaban J connectivity index is 1.99. The zero-order valence-corrected chi connectivity index (χ0v) is 10.8. The van der Waals surface area contributed by atoms with Gasteiger partial charge in [0.15, 0.2) is 5.11 Å². The first-order valence-corrected chi connectivity index (χ1v) is 6.39. The largest absolute Gasteiger partial charge is 0.360 e. The van der Waals surface area contributed by atoms with Crippen molar-refractivity contribution in [2.75, 3.05) is 18.4 Å². The molecule has 0 aromatic heterocycles. The number of thiocarbonyl (C=S) groups is 1. The van der Waals surface area contributed by atoms with Gasteiger partial charge < -0.3 is 10.2 Å². The summed E-state index contributed by atoms with van der Waals surface area (Å²) in [5, 5.41) is 3.68. The number of amidine groups is 1. The molecule has 2 rings (SSSR count). The van der Waals surface area contributed by atoms with E-state index in [0.29, 0.717) is 5.11 Å². The Kier molecular flexibility index (Phi) is 4.09. The van der Waals surface area contributed by atoms with Crippen molar-refractivity contribution in [2.45, 2.75) is 19.8 Å². The van der Waals surface area contributed by atoms with Crippen LogP contribution in [0.4, 0.5) is 5.69 Å². The molecule has 0 radical (unpaired) electrons. The molecule has 1 aromatic rings. The van der Waals surface area contributed by atoms with Crippen LogP contribution >= 0.6 is 12.2 Å². The van der Waals surface area contributed by atoms with Crippen molar-refractivity contribution < 1.29 is 0 Å². The van der Waals surface area contributed by atoms with Gasteiger partial charge in [-0.15, -0.1) is 0 Å². The highest BCUT2D eigenvalue weighted by atomic mass is 32.1. The number of nitrogens with zero attached hydrogens (tertiary/aromatic N) is 2. The van der Waals surface area contributed by atoms with Crippen molar-refractivity contribution in [3.05, 3.63) is 30.3 Å². The van der Waals surface area contributed by atoms with Crippen LogP contribution in [0.25, 0.3) is 0 Å². The van der Waals surface area contributed by atoms with Crippen LogP contribution in [0.5, 0.6) is 0 Å². The summed E-state index contributed by atoms with van der Waals surface area (Å²) in [6.07, 6.45) is 2.21. The van der Waals surface area contributed by atoms with E-state index in [9.17, 15) is 0 Å². The maximum Gasteiger partial charge on any atom is 0.198 e. The van der Waals surface area contributed by atoms with Gasteiger partial charge >= 0.3 is 0 Å². The molecule has 4 heteroatoms. The number of para-hydroxylation sites is 1. The van der Waals surface area contributed by atoms with E-state index in [4.69, 9.17) is 12.2 Å². The van der Waals surface area contributed by atoms with Gasteiger partial charge in [-0.1, -0.05) is 18.2 Å². The Labute approximate surface area is 108 Å². The van der Waals surface area contributed by atoms with E-state index < -0.39 is 0 Å². The molecular formula is C13H17N3S. The summed E-state index contributed by atoms with van der Waals surface area (Å²) in [7, 11) is 0. The third-order valence-corrected chi connectivity index (χ3v) is 3.02. The van der Waals surface area contributed by atoms with Crippen LogP contribution in [-0.2, 0) is 0 Å². The molecule has 0 atom stereocenters. The molecule has 1 N–H and O–H groups in total. The SMILES string of the molecule is CCN1CCCC1=NC(=S)Nc1ccccc1. The standard InChI is InChI=1S/C13H17N3S/c1-2-16-10-6-9-12(16)15-13(17)14-11-7-4-3-5-8-11/h3-5,7-8H,2,6,9-10H2,1H3,(H,14,17). The Morgan fingerprint density at radius 1 is 1.41 bits per heavy atom. The van der Waals surface area contributed by atoms with Crippen LogP contribution in [0, 0.1) is 0 Å². The van der Waals surface area contributed by atoms with Crippen molar-refractivity contribution in [2.24, 2.45) is 4.99 Å². The molecule has 17 heavy (non-hydrogen) atoms. The predicted octanol–water partition coefficient (Wildman–Crippen LogP) is 2.90. The highest BCUT2D eigenvalue weighted by Crippen LogP contribution is 2.12. The molecular weight excluding hydrogens is 230 g/mol. The minimum absolute atomic E-state index is 0.548. The Bertz CT molecular complexity index is 414. The molecule has 0 saturated carbocycles. The molecule has 3 nitrogen and oxygen atoms in total. The third-order valence-electron chi connectivity index (χ3n) is 2.83. The third kappa shape index (κ3) is 3.27. The molecule has 1 aliphatic rings. The first-order chi connectivity index (χ1) is 8.29. The Morgan fingerprint density at radius 2 is 2.18 bits per heavy atom. The lowest BCUT2D eigenvalue weighted by molar-refractivity contribution is 0.479. The molecule has 1 fully saturated rings. The van der Waals surface area contributed by atoms with Gasteiger partial charge in [0.05, 0.1) is 0 Å². The summed E-state index contributed by atoms with van der Waals surface area (Å²) in [4.78, 5) is 6.76. The Hall–Kier alpha value is -1.42. The highest BCUT2D eigenvalue weighted by molar-refractivity contribution is 7.80. The average Bonchev–Trinajstić information content (AvgIpc) is 2.77. The smallest absolute Gasteiger partial charge is 0.198 e. The summed E-state index contributed by atoms with van der Waals surface area (Å²) < 4.78 is 0. The van der Waals surface area contributed by atoms with Crippen LogP contribution in [0.15, 0.2) is 35.3 Å². The van der Waals surface area contributed by atoms with E-state index in [2.05, 4.69) is 22.1 Å². The number of likely N-dealkylation sites (tertiary alicyclic amines) is 1. The summed E-state index contributed by atoms with van der Waals surface area (Å²) in [5.41, 5.74) is 0.989. The van der Waals surface area contributed by atoms with Crippen molar-refractivity contribution in [1.29, 1.82) is 0 Å². The van der Waals surface area contributed by atoms with E-state index in [-0.39, 0.29) is 0 Å². The summed E-state index contributed by atoms with van der Waals surface area (Å²) >= 11 is 5.25. The van der Waals surface area contributed by atoms with Gasteiger partial charge in [0.25, 0.3) is 0 Å². The van der Waals surface area contributed by atoms with E-state index >= 15 is 0 Å². The lowest BCUT2D eigenvalue weighted by Gasteiger charge is -2.16. The highest BCUT2D eigenvalue weighted by Gasteiger charge is 2.16. The van der Waals surface area contributed by atoms with Crippen LogP contribution in [-0.4, -0.2) is 28.9 Å². The molecule has 0 spiro atoms. The van der Waals surface area contributed by atoms with Gasteiger partial charge in [-0.05, 0) is 37.7 Å². The zero-order valence-electron chi connectivity index (χ0n) is 10.0. The molecule has 1 heterocycles. The predicted molar refractivity (Wildman–Crippen MR) is 76.6 cm³/mol. The van der Waals surface area contributed by atoms with Crippen LogP contribution in [0.3, 0.4) is 0 Å². The minimum atomic E-state index is 0.548. The molecule has 1 aliphatic heterocycles. The van der Waals surface area contributed by atoms with Gasteiger partial charge in [0.2, 0.25) is 0 Å². The van der Waals surface area contributed by atoms with E-state index in [0.717, 1.165) is 31.0 Å². The molecule has 90 valence electrons. The summed E-state index contributed by atoms with van der Waals surface area (Å²) in [6.45, 7) is 4.25. The normalized spacial score (nSPS) is 17.5. The molecule has 1 aromatic carbocycles. The van der Waals surface area contributed by atoms with Crippen molar-refractivity contribution in [3.63, 3.8) is 0 Å². The molecule has 0 aliphatic carbocycles. The molecule has 1 saturated heterocycles. The fraction of sp³-hybridized carbons (Fsp3) is 0.385. The van der Waals surface area contributed by atoms with Crippen LogP contribution in [0.2, 0.25) is 0 Å². The quantitative estimate of drug-likeness (QED) is 0.814. The molecule has 0 unspecified atom stereocenters. The maximum absolute atomic E-state index is 5.25. The van der Waals surface area contributed by atoms with Gasteiger partial charge in [-0.2, -0.15) is 0 Å². The van der Waals surface area contributed by atoms with Gasteiger partial charge in [0.1, 0.15) is 5.84 Å². The first-order valence-electron chi connectivity index (χ1n) is 5.98. The Morgan fingerprint density at radius 3 is 2.88 bits per heavy atom. The maximum atomic E-state index is 5.25. The lowest BCUT2D eigenvalue weighted by atomic mass is 10.3. The van der Waals surface area contributed by atoms with Gasteiger partial charge in [-0.3, -0.25) is 0 Å². The first kappa shape index (κ1) is 12.0. The number of nitrogens with one attached hydrogen (secondary N) is 1. The van der Waals surface area contributed by atoms with Crippen LogP contribution < -0.4 is 5.32 Å². The number of hydrogen-bond donors (Lipinski definition) is 1. The topological polar surface area (TPSA) is 27.6 Å². The average molecular weight is 247 g/mol. The second-order valence-corrected chi connectivity index (χ2v) is 4.39. The second kappa shape index (κ2) is 5.77. The van der Waals surface area contributed by atoms with Gasteiger partial charge in [0, 0.05) is 25.2 Å². The number of aliphatic imine (C=N–C) groups is 1. The molecule has 0 amide bonds. The van der Waals surface area contributed by atoms with Crippen molar-refractivity contribution in [3.8, 4) is 0 Å².